The lowest BCUT2D eigenvalue weighted by atomic mass is 9.80. The molecule has 0 saturated heterocycles. The topological polar surface area (TPSA) is 47.6 Å². The number of halogens is 1. The molecule has 0 unspecified atom stereocenters. The van der Waals surface area contributed by atoms with Crippen LogP contribution in [0.5, 0.6) is 0 Å². The number of nitriles is 2. The van der Waals surface area contributed by atoms with E-state index in [1.807, 2.05) is 12.1 Å². The van der Waals surface area contributed by atoms with Crippen LogP contribution in [0.1, 0.15) is 37.5 Å². The van der Waals surface area contributed by atoms with Crippen LogP contribution in [0.25, 0.3) is 0 Å². The molecule has 2 nitrogen and oxygen atoms in total. The van der Waals surface area contributed by atoms with E-state index in [9.17, 15) is 5.26 Å². The molecular formula is C13H13BrN2. The minimum atomic E-state index is -0.138. The second-order valence-corrected chi connectivity index (χ2v) is 5.51. The Morgan fingerprint density at radius 3 is 2.31 bits per heavy atom. The Kier molecular flexibility index (Phi) is 3.73. The predicted octanol–water partition coefficient (Wildman–Crippen LogP) is 3.68. The maximum Gasteiger partial charge on any atom is 0.101 e. The number of hydrogen-bond donors (Lipinski definition) is 0. The maximum atomic E-state index is 9.19. The van der Waals surface area contributed by atoms with Gasteiger partial charge in [-0.15, -0.1) is 0 Å². The summed E-state index contributed by atoms with van der Waals surface area (Å²) in [5.41, 5.74) is 2.40. The standard InChI is InChI=1S/C13H13BrN2/c1-13(2,3)12-9(6-7-15)4-5-11(14)10(12)8-16/h4-5H,6H2,1-3H3. The molecule has 0 fully saturated rings. The molecule has 0 aliphatic carbocycles. The Hall–Kier alpha value is -1.32. The summed E-state index contributed by atoms with van der Waals surface area (Å²) in [5.74, 6) is 0. The van der Waals surface area contributed by atoms with E-state index < -0.39 is 0 Å². The van der Waals surface area contributed by atoms with E-state index in [1.165, 1.54) is 0 Å². The maximum absolute atomic E-state index is 9.19. The third kappa shape index (κ3) is 2.43. The van der Waals surface area contributed by atoms with Crippen LogP contribution in [0.15, 0.2) is 16.6 Å². The van der Waals surface area contributed by atoms with Gasteiger partial charge in [-0.2, -0.15) is 10.5 Å². The van der Waals surface area contributed by atoms with Gasteiger partial charge in [-0.3, -0.25) is 0 Å². The number of benzene rings is 1. The molecule has 82 valence electrons. The van der Waals surface area contributed by atoms with Gasteiger partial charge in [-0.05, 0) is 38.5 Å². The molecule has 0 spiro atoms. The van der Waals surface area contributed by atoms with Gasteiger partial charge in [0.25, 0.3) is 0 Å². The highest BCUT2D eigenvalue weighted by Crippen LogP contribution is 2.33. The summed E-state index contributed by atoms with van der Waals surface area (Å²) < 4.78 is 0.793. The van der Waals surface area contributed by atoms with Crippen LogP contribution >= 0.6 is 15.9 Å². The van der Waals surface area contributed by atoms with E-state index in [0.29, 0.717) is 12.0 Å². The van der Waals surface area contributed by atoms with Gasteiger partial charge in [0.15, 0.2) is 0 Å². The van der Waals surface area contributed by atoms with Gasteiger partial charge in [0.2, 0.25) is 0 Å². The van der Waals surface area contributed by atoms with Gasteiger partial charge in [-0.1, -0.05) is 26.8 Å². The molecule has 0 aliphatic heterocycles. The predicted molar refractivity (Wildman–Crippen MR) is 66.9 cm³/mol. The summed E-state index contributed by atoms with van der Waals surface area (Å²) >= 11 is 3.38. The normalized spacial score (nSPS) is 10.6. The van der Waals surface area contributed by atoms with Gasteiger partial charge in [-0.25, -0.2) is 0 Å². The van der Waals surface area contributed by atoms with E-state index >= 15 is 0 Å². The Morgan fingerprint density at radius 1 is 1.25 bits per heavy atom. The number of rotatable bonds is 1. The first-order valence-electron chi connectivity index (χ1n) is 5.00. The average Bonchev–Trinajstić information content (AvgIpc) is 2.18. The molecule has 0 atom stereocenters. The molecular weight excluding hydrogens is 264 g/mol. The largest absolute Gasteiger partial charge is 0.198 e. The second kappa shape index (κ2) is 4.68. The highest BCUT2D eigenvalue weighted by Gasteiger charge is 2.23. The fourth-order valence-corrected chi connectivity index (χ4v) is 2.24. The van der Waals surface area contributed by atoms with E-state index in [4.69, 9.17) is 5.26 Å². The van der Waals surface area contributed by atoms with Gasteiger partial charge >= 0.3 is 0 Å². The van der Waals surface area contributed by atoms with Gasteiger partial charge in [0, 0.05) is 4.47 Å². The van der Waals surface area contributed by atoms with Crippen LogP contribution in [0.4, 0.5) is 0 Å². The van der Waals surface area contributed by atoms with Crippen LogP contribution in [0.2, 0.25) is 0 Å². The second-order valence-electron chi connectivity index (χ2n) is 4.65. The fourth-order valence-electron chi connectivity index (χ4n) is 1.82. The van der Waals surface area contributed by atoms with Crippen molar-refractivity contribution in [1.82, 2.24) is 0 Å². The number of nitrogens with zero attached hydrogens (tertiary/aromatic N) is 2. The Labute approximate surface area is 105 Å². The first-order chi connectivity index (χ1) is 7.41. The summed E-state index contributed by atoms with van der Waals surface area (Å²) in [6.45, 7) is 6.16. The van der Waals surface area contributed by atoms with Crippen LogP contribution in [0, 0.1) is 22.7 Å². The Balaban J connectivity index is 3.57. The third-order valence-electron chi connectivity index (χ3n) is 2.37. The lowest BCUT2D eigenvalue weighted by molar-refractivity contribution is 0.582. The SMILES string of the molecule is CC(C)(C)c1c(CC#N)ccc(Br)c1C#N. The molecule has 0 aliphatic rings. The van der Waals surface area contributed by atoms with Crippen molar-refractivity contribution < 1.29 is 0 Å². The van der Waals surface area contributed by atoms with Crippen molar-refractivity contribution in [3.05, 3.63) is 33.3 Å². The zero-order chi connectivity index (χ0) is 12.3. The van der Waals surface area contributed by atoms with Gasteiger partial charge in [0.05, 0.1) is 18.1 Å². The minimum absolute atomic E-state index is 0.138. The van der Waals surface area contributed by atoms with Crippen molar-refractivity contribution in [3.63, 3.8) is 0 Å². The van der Waals surface area contributed by atoms with Crippen LogP contribution in [-0.4, -0.2) is 0 Å². The molecule has 0 saturated carbocycles. The highest BCUT2D eigenvalue weighted by atomic mass is 79.9. The molecule has 3 heteroatoms. The molecule has 0 amide bonds. The van der Waals surface area contributed by atoms with E-state index in [0.717, 1.165) is 15.6 Å². The molecule has 0 N–H and O–H groups in total. The highest BCUT2D eigenvalue weighted by molar-refractivity contribution is 9.10. The van der Waals surface area contributed by atoms with E-state index in [2.05, 4.69) is 48.8 Å². The van der Waals surface area contributed by atoms with Crippen molar-refractivity contribution >= 4 is 15.9 Å². The fraction of sp³-hybridized carbons (Fsp3) is 0.385. The molecule has 1 aromatic carbocycles. The monoisotopic (exact) mass is 276 g/mol. The summed E-state index contributed by atoms with van der Waals surface area (Å²) in [6, 6.07) is 8.10. The minimum Gasteiger partial charge on any atom is -0.198 e. The van der Waals surface area contributed by atoms with E-state index in [1.54, 1.807) is 0 Å². The smallest absolute Gasteiger partial charge is 0.101 e. The average molecular weight is 277 g/mol. The van der Waals surface area contributed by atoms with Crippen LogP contribution < -0.4 is 0 Å². The van der Waals surface area contributed by atoms with Crippen molar-refractivity contribution in [2.75, 3.05) is 0 Å². The molecule has 0 aromatic heterocycles. The van der Waals surface area contributed by atoms with Crippen LogP contribution in [0.3, 0.4) is 0 Å². The summed E-state index contributed by atoms with van der Waals surface area (Å²) in [4.78, 5) is 0. The molecule has 0 heterocycles. The van der Waals surface area contributed by atoms with Gasteiger partial charge < -0.3 is 0 Å². The first-order valence-corrected chi connectivity index (χ1v) is 5.80. The molecule has 0 radical (unpaired) electrons. The molecule has 1 rings (SSSR count). The molecule has 0 bridgehead atoms. The summed E-state index contributed by atoms with van der Waals surface area (Å²) in [6.07, 6.45) is 0.342. The first kappa shape index (κ1) is 12.7. The van der Waals surface area contributed by atoms with E-state index in [-0.39, 0.29) is 5.41 Å². The lowest BCUT2D eigenvalue weighted by Gasteiger charge is -2.24. The van der Waals surface area contributed by atoms with Gasteiger partial charge in [0.1, 0.15) is 6.07 Å². The van der Waals surface area contributed by atoms with Crippen molar-refractivity contribution in [2.45, 2.75) is 32.6 Å². The van der Waals surface area contributed by atoms with Crippen molar-refractivity contribution in [3.8, 4) is 12.1 Å². The Morgan fingerprint density at radius 2 is 1.88 bits per heavy atom. The molecule has 1 aromatic rings. The summed E-state index contributed by atoms with van der Waals surface area (Å²) in [5, 5.41) is 18.0. The quantitative estimate of drug-likeness (QED) is 0.786. The summed E-state index contributed by atoms with van der Waals surface area (Å²) in [7, 11) is 0. The third-order valence-corrected chi connectivity index (χ3v) is 3.03. The zero-order valence-electron chi connectivity index (χ0n) is 9.63. The van der Waals surface area contributed by atoms with Crippen molar-refractivity contribution in [1.29, 1.82) is 10.5 Å². The van der Waals surface area contributed by atoms with Crippen LogP contribution in [-0.2, 0) is 11.8 Å². The van der Waals surface area contributed by atoms with Crippen molar-refractivity contribution in [2.24, 2.45) is 0 Å². The zero-order valence-corrected chi connectivity index (χ0v) is 11.2. The molecule has 16 heavy (non-hydrogen) atoms. The number of hydrogen-bond acceptors (Lipinski definition) is 2. The lowest BCUT2D eigenvalue weighted by Crippen LogP contribution is -2.16. The Bertz CT molecular complexity index is 484.